The number of rotatable bonds is 9. The molecule has 0 bridgehead atoms. The smallest absolute Gasteiger partial charge is 0.230 e. The van der Waals surface area contributed by atoms with Crippen molar-refractivity contribution in [3.05, 3.63) is 83.7 Å². The summed E-state index contributed by atoms with van der Waals surface area (Å²) in [6, 6.07) is 19.6. The van der Waals surface area contributed by atoms with Crippen LogP contribution in [-0.4, -0.2) is 25.1 Å². The van der Waals surface area contributed by atoms with Gasteiger partial charge in [-0.15, -0.1) is 0 Å². The SMILES string of the molecule is COc1ccc(CCCc2cccc(NC(=O)Cc3ccccn3)c2)cc1OC. The number of carbonyl (C=O) groups is 1. The number of benzene rings is 2. The molecule has 29 heavy (non-hydrogen) atoms. The summed E-state index contributed by atoms with van der Waals surface area (Å²) in [7, 11) is 3.29. The Morgan fingerprint density at radius 2 is 1.69 bits per heavy atom. The summed E-state index contributed by atoms with van der Waals surface area (Å²) in [6.07, 6.45) is 4.84. The number of carbonyl (C=O) groups excluding carboxylic acids is 1. The first kappa shape index (κ1) is 20.4. The number of pyridine rings is 1. The van der Waals surface area contributed by atoms with E-state index < -0.39 is 0 Å². The molecule has 0 radical (unpaired) electrons. The molecule has 0 spiro atoms. The first-order valence-corrected chi connectivity index (χ1v) is 9.67. The molecule has 5 nitrogen and oxygen atoms in total. The zero-order valence-corrected chi connectivity index (χ0v) is 16.9. The molecule has 1 N–H and O–H groups in total. The molecule has 1 aromatic heterocycles. The molecule has 5 heteroatoms. The fraction of sp³-hybridized carbons (Fsp3) is 0.250. The van der Waals surface area contributed by atoms with Crippen molar-refractivity contribution >= 4 is 11.6 Å². The monoisotopic (exact) mass is 390 g/mol. The number of nitrogens with one attached hydrogen (secondary N) is 1. The lowest BCUT2D eigenvalue weighted by Crippen LogP contribution is -2.15. The Kier molecular flexibility index (Phi) is 7.22. The molecule has 0 fully saturated rings. The van der Waals surface area contributed by atoms with Gasteiger partial charge in [-0.25, -0.2) is 0 Å². The summed E-state index contributed by atoms with van der Waals surface area (Å²) in [6.45, 7) is 0. The molecule has 0 saturated carbocycles. The number of hydrogen-bond donors (Lipinski definition) is 1. The van der Waals surface area contributed by atoms with Crippen LogP contribution in [0.4, 0.5) is 5.69 Å². The highest BCUT2D eigenvalue weighted by molar-refractivity contribution is 5.92. The fourth-order valence-electron chi connectivity index (χ4n) is 3.21. The number of hydrogen-bond acceptors (Lipinski definition) is 4. The van der Waals surface area contributed by atoms with Crippen molar-refractivity contribution in [2.45, 2.75) is 25.7 Å². The Labute approximate surface area is 171 Å². The predicted octanol–water partition coefficient (Wildman–Crippen LogP) is 4.46. The van der Waals surface area contributed by atoms with Crippen molar-refractivity contribution in [2.75, 3.05) is 19.5 Å². The normalized spacial score (nSPS) is 10.4. The Bertz CT molecular complexity index is 942. The van der Waals surface area contributed by atoms with Gasteiger partial charge < -0.3 is 14.8 Å². The van der Waals surface area contributed by atoms with Gasteiger partial charge in [-0.1, -0.05) is 24.3 Å². The van der Waals surface area contributed by atoms with Gasteiger partial charge in [0.25, 0.3) is 0 Å². The van der Waals surface area contributed by atoms with Gasteiger partial charge in [-0.2, -0.15) is 0 Å². The van der Waals surface area contributed by atoms with Crippen LogP contribution in [-0.2, 0) is 24.1 Å². The molecule has 0 aliphatic carbocycles. The summed E-state index contributed by atoms with van der Waals surface area (Å²) in [5, 5.41) is 2.96. The second-order valence-corrected chi connectivity index (χ2v) is 6.79. The number of aryl methyl sites for hydroxylation is 2. The highest BCUT2D eigenvalue weighted by Gasteiger charge is 2.07. The van der Waals surface area contributed by atoms with Gasteiger partial charge in [-0.3, -0.25) is 9.78 Å². The Balaban J connectivity index is 1.53. The van der Waals surface area contributed by atoms with Crippen LogP contribution in [0.25, 0.3) is 0 Å². The van der Waals surface area contributed by atoms with E-state index in [0.717, 1.165) is 42.1 Å². The summed E-state index contributed by atoms with van der Waals surface area (Å²) < 4.78 is 10.7. The highest BCUT2D eigenvalue weighted by atomic mass is 16.5. The minimum atomic E-state index is -0.0637. The lowest BCUT2D eigenvalue weighted by atomic mass is 10.0. The van der Waals surface area contributed by atoms with Gasteiger partial charge in [-0.05, 0) is 66.8 Å². The first-order chi connectivity index (χ1) is 14.2. The maximum absolute atomic E-state index is 12.2. The number of aromatic nitrogens is 1. The third-order valence-corrected chi connectivity index (χ3v) is 4.66. The molecule has 150 valence electrons. The number of ether oxygens (including phenoxy) is 2. The maximum Gasteiger partial charge on any atom is 0.230 e. The van der Waals surface area contributed by atoms with E-state index in [4.69, 9.17) is 9.47 Å². The van der Waals surface area contributed by atoms with Crippen LogP contribution >= 0.6 is 0 Å². The standard InChI is InChI=1S/C24H26N2O3/c1-28-22-13-12-19(16-23(22)29-2)8-5-7-18-9-6-11-21(15-18)26-24(27)17-20-10-3-4-14-25-20/h3-4,6,9-16H,5,7-8,17H2,1-2H3,(H,26,27). The Hall–Kier alpha value is -3.34. The third kappa shape index (κ3) is 6.07. The maximum atomic E-state index is 12.2. The number of methoxy groups -OCH3 is 2. The summed E-state index contributed by atoms with van der Waals surface area (Å²) in [5.41, 5.74) is 3.98. The van der Waals surface area contributed by atoms with Gasteiger partial charge in [0.15, 0.2) is 11.5 Å². The average Bonchev–Trinajstić information content (AvgIpc) is 2.74. The molecule has 2 aromatic carbocycles. The van der Waals surface area contributed by atoms with Crippen LogP contribution < -0.4 is 14.8 Å². The van der Waals surface area contributed by atoms with E-state index in [1.54, 1.807) is 20.4 Å². The molecular weight excluding hydrogens is 364 g/mol. The molecule has 0 saturated heterocycles. The van der Waals surface area contributed by atoms with Crippen molar-refractivity contribution in [2.24, 2.45) is 0 Å². The number of anilines is 1. The Morgan fingerprint density at radius 1 is 0.897 bits per heavy atom. The lowest BCUT2D eigenvalue weighted by molar-refractivity contribution is -0.115. The van der Waals surface area contributed by atoms with Gasteiger partial charge in [0.2, 0.25) is 5.91 Å². The van der Waals surface area contributed by atoms with E-state index in [2.05, 4.69) is 22.4 Å². The van der Waals surface area contributed by atoms with E-state index in [-0.39, 0.29) is 12.3 Å². The van der Waals surface area contributed by atoms with Crippen LogP contribution in [0.15, 0.2) is 66.9 Å². The topological polar surface area (TPSA) is 60.5 Å². The van der Waals surface area contributed by atoms with E-state index in [9.17, 15) is 4.79 Å². The molecule has 0 aliphatic heterocycles. The van der Waals surface area contributed by atoms with Crippen molar-refractivity contribution in [3.8, 4) is 11.5 Å². The van der Waals surface area contributed by atoms with Gasteiger partial charge in [0.05, 0.1) is 20.6 Å². The van der Waals surface area contributed by atoms with E-state index >= 15 is 0 Å². The third-order valence-electron chi connectivity index (χ3n) is 4.66. The molecule has 3 rings (SSSR count). The molecule has 0 unspecified atom stereocenters. The average molecular weight is 390 g/mol. The zero-order chi connectivity index (χ0) is 20.5. The minimum absolute atomic E-state index is 0.0637. The number of nitrogens with zero attached hydrogens (tertiary/aromatic N) is 1. The summed E-state index contributed by atoms with van der Waals surface area (Å²) in [5.74, 6) is 1.43. The number of amides is 1. The van der Waals surface area contributed by atoms with Crippen molar-refractivity contribution in [1.29, 1.82) is 0 Å². The first-order valence-electron chi connectivity index (χ1n) is 9.67. The van der Waals surface area contributed by atoms with Crippen molar-refractivity contribution in [1.82, 2.24) is 4.98 Å². The lowest BCUT2D eigenvalue weighted by Gasteiger charge is -2.10. The molecular formula is C24H26N2O3. The highest BCUT2D eigenvalue weighted by Crippen LogP contribution is 2.28. The fourth-order valence-corrected chi connectivity index (χ4v) is 3.21. The van der Waals surface area contributed by atoms with E-state index in [1.807, 2.05) is 48.5 Å². The van der Waals surface area contributed by atoms with Crippen LogP contribution in [0.5, 0.6) is 11.5 Å². The van der Waals surface area contributed by atoms with Crippen LogP contribution in [0.3, 0.4) is 0 Å². The van der Waals surface area contributed by atoms with Gasteiger partial charge in [0.1, 0.15) is 0 Å². The summed E-state index contributed by atoms with van der Waals surface area (Å²) >= 11 is 0. The molecule has 1 heterocycles. The second kappa shape index (κ2) is 10.3. The largest absolute Gasteiger partial charge is 0.493 e. The van der Waals surface area contributed by atoms with Gasteiger partial charge >= 0.3 is 0 Å². The van der Waals surface area contributed by atoms with Crippen LogP contribution in [0, 0.1) is 0 Å². The quantitative estimate of drug-likeness (QED) is 0.586. The molecule has 3 aromatic rings. The zero-order valence-electron chi connectivity index (χ0n) is 16.9. The molecule has 1 amide bonds. The van der Waals surface area contributed by atoms with Crippen LogP contribution in [0.1, 0.15) is 23.2 Å². The van der Waals surface area contributed by atoms with Gasteiger partial charge in [0, 0.05) is 17.6 Å². The molecule has 0 atom stereocenters. The second-order valence-electron chi connectivity index (χ2n) is 6.79. The van der Waals surface area contributed by atoms with Crippen molar-refractivity contribution < 1.29 is 14.3 Å². The minimum Gasteiger partial charge on any atom is -0.493 e. The van der Waals surface area contributed by atoms with E-state index in [1.165, 1.54) is 11.1 Å². The molecule has 0 aliphatic rings. The summed E-state index contributed by atoms with van der Waals surface area (Å²) in [4.78, 5) is 16.4. The van der Waals surface area contributed by atoms with Crippen LogP contribution in [0.2, 0.25) is 0 Å². The van der Waals surface area contributed by atoms with E-state index in [0.29, 0.717) is 0 Å². The van der Waals surface area contributed by atoms with Crippen molar-refractivity contribution in [3.63, 3.8) is 0 Å². The Morgan fingerprint density at radius 3 is 2.41 bits per heavy atom. The predicted molar refractivity (Wildman–Crippen MR) is 115 cm³/mol.